The summed E-state index contributed by atoms with van der Waals surface area (Å²) >= 11 is 0. The zero-order chi connectivity index (χ0) is 20.5. The molecular weight excluding hydrogens is 364 g/mol. The van der Waals surface area contributed by atoms with Crippen molar-refractivity contribution in [2.24, 2.45) is 0 Å². The van der Waals surface area contributed by atoms with Crippen molar-refractivity contribution in [1.82, 2.24) is 5.32 Å². The van der Waals surface area contributed by atoms with E-state index in [9.17, 15) is 4.79 Å². The van der Waals surface area contributed by atoms with E-state index >= 15 is 0 Å². The number of para-hydroxylation sites is 1. The Balaban J connectivity index is 1.47. The van der Waals surface area contributed by atoms with Crippen molar-refractivity contribution in [3.05, 3.63) is 95.6 Å². The number of carbonyl (C=O) groups excluding carboxylic acids is 1. The molecule has 0 saturated carbocycles. The number of benzene rings is 3. The molecule has 29 heavy (non-hydrogen) atoms. The fourth-order valence-corrected chi connectivity index (χ4v) is 2.68. The van der Waals surface area contributed by atoms with E-state index in [2.05, 4.69) is 11.4 Å². The van der Waals surface area contributed by atoms with Gasteiger partial charge in [0.2, 0.25) is 0 Å². The number of hydrogen-bond donors (Lipinski definition) is 1. The van der Waals surface area contributed by atoms with E-state index in [1.54, 1.807) is 31.2 Å². The highest BCUT2D eigenvalue weighted by atomic mass is 16.5. The van der Waals surface area contributed by atoms with Crippen LogP contribution in [0.25, 0.3) is 0 Å². The normalized spacial score (nSPS) is 11.2. The van der Waals surface area contributed by atoms with E-state index in [1.165, 1.54) is 0 Å². The van der Waals surface area contributed by atoms with Gasteiger partial charge >= 0.3 is 0 Å². The average Bonchev–Trinajstić information content (AvgIpc) is 2.77. The molecule has 0 heterocycles. The first-order valence-electron chi connectivity index (χ1n) is 9.35. The van der Waals surface area contributed by atoms with Gasteiger partial charge in [-0.25, -0.2) is 0 Å². The van der Waals surface area contributed by atoms with Crippen LogP contribution in [-0.2, 0) is 17.9 Å². The second-order valence-corrected chi connectivity index (χ2v) is 6.50. The summed E-state index contributed by atoms with van der Waals surface area (Å²) in [6.45, 7) is 2.55. The number of carbonyl (C=O) groups is 1. The molecule has 0 saturated heterocycles. The highest BCUT2D eigenvalue weighted by molar-refractivity contribution is 5.80. The SMILES string of the molecule is CC(Oc1ccccc1C#N)C(=O)NCc1ccc(OCc2ccccc2)cc1. The molecule has 0 aromatic heterocycles. The van der Waals surface area contributed by atoms with Gasteiger partial charge in [0.15, 0.2) is 6.10 Å². The number of hydrogen-bond acceptors (Lipinski definition) is 4. The van der Waals surface area contributed by atoms with Crippen LogP contribution in [0, 0.1) is 11.3 Å². The van der Waals surface area contributed by atoms with E-state index in [1.807, 2.05) is 54.6 Å². The van der Waals surface area contributed by atoms with Crippen LogP contribution in [0.5, 0.6) is 11.5 Å². The third-order valence-corrected chi connectivity index (χ3v) is 4.32. The molecule has 146 valence electrons. The molecule has 0 aliphatic heterocycles. The molecule has 0 aliphatic carbocycles. The van der Waals surface area contributed by atoms with Gasteiger partial charge in [-0.15, -0.1) is 0 Å². The van der Waals surface area contributed by atoms with Gasteiger partial charge in [0, 0.05) is 6.54 Å². The van der Waals surface area contributed by atoms with Gasteiger partial charge in [0.25, 0.3) is 5.91 Å². The van der Waals surface area contributed by atoms with Gasteiger partial charge in [-0.2, -0.15) is 5.26 Å². The summed E-state index contributed by atoms with van der Waals surface area (Å²) in [5, 5.41) is 12.0. The minimum Gasteiger partial charge on any atom is -0.489 e. The summed E-state index contributed by atoms with van der Waals surface area (Å²) in [6.07, 6.45) is -0.710. The maximum absolute atomic E-state index is 12.3. The van der Waals surface area contributed by atoms with Gasteiger partial charge in [0.05, 0.1) is 5.56 Å². The molecule has 5 nitrogen and oxygen atoms in total. The van der Waals surface area contributed by atoms with Crippen molar-refractivity contribution in [1.29, 1.82) is 5.26 Å². The number of nitrogens with one attached hydrogen (secondary N) is 1. The van der Waals surface area contributed by atoms with Crippen molar-refractivity contribution >= 4 is 5.91 Å². The van der Waals surface area contributed by atoms with Gasteiger partial charge < -0.3 is 14.8 Å². The molecule has 1 atom stereocenters. The van der Waals surface area contributed by atoms with E-state index in [4.69, 9.17) is 14.7 Å². The standard InChI is InChI=1S/C24H22N2O3/c1-18(29-23-10-6-5-9-21(23)15-25)24(27)26-16-19-11-13-22(14-12-19)28-17-20-7-3-2-4-8-20/h2-14,18H,16-17H2,1H3,(H,26,27). The van der Waals surface area contributed by atoms with Crippen LogP contribution in [0.3, 0.4) is 0 Å². The van der Waals surface area contributed by atoms with Crippen molar-refractivity contribution in [3.8, 4) is 17.6 Å². The number of amides is 1. The second kappa shape index (κ2) is 9.95. The Kier molecular flexibility index (Phi) is 6.85. The fourth-order valence-electron chi connectivity index (χ4n) is 2.68. The largest absolute Gasteiger partial charge is 0.489 e. The van der Waals surface area contributed by atoms with Crippen LogP contribution in [-0.4, -0.2) is 12.0 Å². The van der Waals surface area contributed by atoms with Crippen LogP contribution in [0.1, 0.15) is 23.6 Å². The molecule has 0 fully saturated rings. The van der Waals surface area contributed by atoms with Crippen molar-refractivity contribution in [2.45, 2.75) is 26.2 Å². The highest BCUT2D eigenvalue weighted by Crippen LogP contribution is 2.18. The van der Waals surface area contributed by atoms with Crippen LogP contribution in [0.2, 0.25) is 0 Å². The molecule has 0 bridgehead atoms. The number of ether oxygens (including phenoxy) is 2. The zero-order valence-electron chi connectivity index (χ0n) is 16.2. The van der Waals surface area contributed by atoms with E-state index in [0.717, 1.165) is 16.9 Å². The van der Waals surface area contributed by atoms with Crippen molar-refractivity contribution < 1.29 is 14.3 Å². The first kappa shape index (κ1) is 20.0. The molecular formula is C24H22N2O3. The molecule has 1 unspecified atom stereocenters. The third-order valence-electron chi connectivity index (χ3n) is 4.32. The Bertz CT molecular complexity index is 979. The first-order chi connectivity index (χ1) is 14.2. The van der Waals surface area contributed by atoms with Crippen LogP contribution in [0.15, 0.2) is 78.9 Å². The van der Waals surface area contributed by atoms with E-state index in [-0.39, 0.29) is 5.91 Å². The third kappa shape index (κ3) is 5.85. The van der Waals surface area contributed by atoms with Gasteiger partial charge in [0.1, 0.15) is 24.2 Å². The lowest BCUT2D eigenvalue weighted by Crippen LogP contribution is -2.36. The smallest absolute Gasteiger partial charge is 0.261 e. The number of nitrogens with zero attached hydrogens (tertiary/aromatic N) is 1. The van der Waals surface area contributed by atoms with E-state index < -0.39 is 6.10 Å². The summed E-state index contributed by atoms with van der Waals surface area (Å²) in [6, 6.07) is 26.5. The minimum atomic E-state index is -0.710. The Morgan fingerprint density at radius 2 is 1.66 bits per heavy atom. The van der Waals surface area contributed by atoms with Gasteiger partial charge in [-0.1, -0.05) is 54.6 Å². The van der Waals surface area contributed by atoms with Crippen LogP contribution >= 0.6 is 0 Å². The molecule has 0 spiro atoms. The second-order valence-electron chi connectivity index (χ2n) is 6.50. The predicted octanol–water partition coefficient (Wildman–Crippen LogP) is 4.22. The first-order valence-corrected chi connectivity index (χ1v) is 9.35. The maximum atomic E-state index is 12.3. The van der Waals surface area contributed by atoms with E-state index in [0.29, 0.717) is 24.5 Å². The summed E-state index contributed by atoms with van der Waals surface area (Å²) in [7, 11) is 0. The molecule has 0 radical (unpaired) electrons. The highest BCUT2D eigenvalue weighted by Gasteiger charge is 2.16. The molecule has 3 rings (SSSR count). The van der Waals surface area contributed by atoms with Crippen molar-refractivity contribution in [2.75, 3.05) is 0 Å². The Morgan fingerprint density at radius 1 is 0.966 bits per heavy atom. The molecule has 3 aromatic carbocycles. The van der Waals surface area contributed by atoms with Gasteiger partial charge in [-0.05, 0) is 42.3 Å². The molecule has 1 N–H and O–H groups in total. The zero-order valence-corrected chi connectivity index (χ0v) is 16.2. The Labute approximate surface area is 170 Å². The summed E-state index contributed by atoms with van der Waals surface area (Å²) in [4.78, 5) is 12.3. The molecule has 0 aliphatic rings. The lowest BCUT2D eigenvalue weighted by Gasteiger charge is -2.15. The van der Waals surface area contributed by atoms with Crippen LogP contribution in [0.4, 0.5) is 0 Å². The predicted molar refractivity (Wildman–Crippen MR) is 110 cm³/mol. The quantitative estimate of drug-likeness (QED) is 0.629. The average molecular weight is 386 g/mol. The van der Waals surface area contributed by atoms with Gasteiger partial charge in [-0.3, -0.25) is 4.79 Å². The Morgan fingerprint density at radius 3 is 2.38 bits per heavy atom. The molecule has 5 heteroatoms. The Hall–Kier alpha value is -3.78. The number of rotatable bonds is 8. The summed E-state index contributed by atoms with van der Waals surface area (Å²) in [5.41, 5.74) is 2.46. The number of nitriles is 1. The minimum absolute atomic E-state index is 0.248. The lowest BCUT2D eigenvalue weighted by molar-refractivity contribution is -0.127. The van der Waals surface area contributed by atoms with Crippen LogP contribution < -0.4 is 14.8 Å². The monoisotopic (exact) mass is 386 g/mol. The summed E-state index contributed by atoms with van der Waals surface area (Å²) < 4.78 is 11.4. The lowest BCUT2D eigenvalue weighted by atomic mass is 10.2. The fraction of sp³-hybridized carbons (Fsp3) is 0.167. The van der Waals surface area contributed by atoms with Crippen molar-refractivity contribution in [3.63, 3.8) is 0 Å². The summed E-state index contributed by atoms with van der Waals surface area (Å²) in [5.74, 6) is 0.924. The molecule has 3 aromatic rings. The maximum Gasteiger partial charge on any atom is 0.261 e. The topological polar surface area (TPSA) is 71.3 Å². The molecule has 1 amide bonds.